The van der Waals surface area contributed by atoms with Crippen molar-refractivity contribution < 1.29 is 4.52 Å². The van der Waals surface area contributed by atoms with Gasteiger partial charge in [-0.15, -0.1) is 11.8 Å². The summed E-state index contributed by atoms with van der Waals surface area (Å²) in [4.78, 5) is 13.0. The minimum absolute atomic E-state index is 0.300. The molecule has 2 heterocycles. The Labute approximate surface area is 178 Å². The van der Waals surface area contributed by atoms with Crippen LogP contribution in [0.2, 0.25) is 0 Å². The lowest BCUT2D eigenvalue weighted by molar-refractivity contribution is 0.369. The van der Waals surface area contributed by atoms with Crippen LogP contribution in [0.3, 0.4) is 0 Å². The molecule has 1 aliphatic heterocycles. The van der Waals surface area contributed by atoms with Gasteiger partial charge >= 0.3 is 0 Å². The molecule has 6 nitrogen and oxygen atoms in total. The second kappa shape index (κ2) is 11.2. The van der Waals surface area contributed by atoms with Gasteiger partial charge in [-0.2, -0.15) is 4.98 Å². The van der Waals surface area contributed by atoms with E-state index in [1.807, 2.05) is 11.8 Å². The van der Waals surface area contributed by atoms with Crippen molar-refractivity contribution in [2.24, 2.45) is 10.9 Å². The highest BCUT2D eigenvalue weighted by atomic mass is 32.2. The van der Waals surface area contributed by atoms with E-state index >= 15 is 0 Å². The Kier molecular flexibility index (Phi) is 8.40. The van der Waals surface area contributed by atoms with Crippen molar-refractivity contribution in [1.82, 2.24) is 20.4 Å². The number of thioether (sulfide) groups is 1. The fourth-order valence-electron chi connectivity index (χ4n) is 3.34. The topological polar surface area (TPSA) is 66.5 Å². The first kappa shape index (κ1) is 21.7. The van der Waals surface area contributed by atoms with Gasteiger partial charge in [-0.1, -0.05) is 37.2 Å². The largest absolute Gasteiger partial charge is 0.357 e. The zero-order valence-corrected chi connectivity index (χ0v) is 18.6. The third kappa shape index (κ3) is 6.77. The Balaban J connectivity index is 1.44. The van der Waals surface area contributed by atoms with Crippen LogP contribution in [-0.2, 0) is 6.42 Å². The second-order valence-electron chi connectivity index (χ2n) is 7.76. The maximum absolute atomic E-state index is 5.32. The molecule has 1 saturated heterocycles. The summed E-state index contributed by atoms with van der Waals surface area (Å²) in [7, 11) is 0. The van der Waals surface area contributed by atoms with Gasteiger partial charge in [0.1, 0.15) is 0 Å². The van der Waals surface area contributed by atoms with Gasteiger partial charge in [-0.25, -0.2) is 0 Å². The van der Waals surface area contributed by atoms with Crippen LogP contribution in [0.15, 0.2) is 44.7 Å². The van der Waals surface area contributed by atoms with Gasteiger partial charge in [0.05, 0.1) is 0 Å². The molecule has 0 saturated carbocycles. The molecule has 29 heavy (non-hydrogen) atoms. The molecule has 1 N–H and O–H groups in total. The van der Waals surface area contributed by atoms with Crippen LogP contribution in [0.1, 0.15) is 51.2 Å². The predicted molar refractivity (Wildman–Crippen MR) is 120 cm³/mol. The number of benzene rings is 1. The lowest BCUT2D eigenvalue weighted by Crippen LogP contribution is -2.40. The third-order valence-electron chi connectivity index (χ3n) is 4.96. The van der Waals surface area contributed by atoms with Gasteiger partial charge in [0.15, 0.2) is 11.8 Å². The molecule has 1 atom stereocenters. The molecule has 0 radical (unpaired) electrons. The number of aryl methyl sites for hydroxylation is 1. The first-order valence-electron chi connectivity index (χ1n) is 10.7. The highest BCUT2D eigenvalue weighted by Crippen LogP contribution is 2.25. The van der Waals surface area contributed by atoms with Crippen molar-refractivity contribution in [2.75, 3.05) is 31.9 Å². The molecule has 1 aromatic heterocycles. The first-order valence-corrected chi connectivity index (χ1v) is 11.7. The van der Waals surface area contributed by atoms with E-state index < -0.39 is 0 Å². The Morgan fingerprint density at radius 1 is 1.34 bits per heavy atom. The average Bonchev–Trinajstić information content (AvgIpc) is 3.39. The molecular weight excluding hydrogens is 382 g/mol. The van der Waals surface area contributed by atoms with Crippen LogP contribution in [0.4, 0.5) is 0 Å². The molecule has 0 amide bonds. The minimum atomic E-state index is 0.300. The summed E-state index contributed by atoms with van der Waals surface area (Å²) in [5, 5.41) is 7.48. The third-order valence-corrected chi connectivity index (χ3v) is 6.20. The molecule has 1 aromatic carbocycles. The minimum Gasteiger partial charge on any atom is -0.357 e. The molecule has 158 valence electrons. The van der Waals surface area contributed by atoms with E-state index in [0.29, 0.717) is 17.7 Å². The van der Waals surface area contributed by atoms with Crippen molar-refractivity contribution in [3.8, 4) is 0 Å². The fraction of sp³-hybridized carbons (Fsp3) is 0.591. The standard InChI is InChI=1S/C22H33N5OS/c1-4-23-22(24-13-8-11-20-25-21(17(2)3)26-28-20)27-14-12-18(15-27)16-29-19-9-6-5-7-10-19/h5-7,9-10,17-18H,4,8,11-16H2,1-3H3,(H,23,24). The number of likely N-dealkylation sites (tertiary alicyclic amines) is 1. The van der Waals surface area contributed by atoms with Crippen LogP contribution >= 0.6 is 11.8 Å². The molecule has 0 spiro atoms. The quantitative estimate of drug-likeness (QED) is 0.286. The molecular formula is C22H33N5OS. The van der Waals surface area contributed by atoms with Gasteiger partial charge in [0, 0.05) is 49.2 Å². The molecule has 7 heteroatoms. The van der Waals surface area contributed by atoms with E-state index in [2.05, 4.69) is 71.5 Å². The van der Waals surface area contributed by atoms with E-state index in [9.17, 15) is 0 Å². The highest BCUT2D eigenvalue weighted by molar-refractivity contribution is 7.99. The van der Waals surface area contributed by atoms with Crippen molar-refractivity contribution in [3.05, 3.63) is 42.0 Å². The van der Waals surface area contributed by atoms with Crippen molar-refractivity contribution in [2.45, 2.75) is 50.8 Å². The van der Waals surface area contributed by atoms with Gasteiger partial charge in [0.2, 0.25) is 5.89 Å². The number of nitrogens with one attached hydrogen (secondary N) is 1. The summed E-state index contributed by atoms with van der Waals surface area (Å²) in [6, 6.07) is 10.7. The number of rotatable bonds is 9. The predicted octanol–water partition coefficient (Wildman–Crippen LogP) is 4.21. The van der Waals surface area contributed by atoms with Gasteiger partial charge in [0.25, 0.3) is 0 Å². The lowest BCUT2D eigenvalue weighted by Gasteiger charge is -2.21. The van der Waals surface area contributed by atoms with E-state index in [0.717, 1.165) is 56.6 Å². The molecule has 0 aliphatic carbocycles. The summed E-state index contributed by atoms with van der Waals surface area (Å²) in [5.74, 6) is 4.70. The maximum atomic E-state index is 5.32. The lowest BCUT2D eigenvalue weighted by atomic mass is 10.2. The summed E-state index contributed by atoms with van der Waals surface area (Å²) in [5.41, 5.74) is 0. The second-order valence-corrected chi connectivity index (χ2v) is 8.86. The maximum Gasteiger partial charge on any atom is 0.226 e. The van der Waals surface area contributed by atoms with E-state index in [4.69, 9.17) is 9.52 Å². The van der Waals surface area contributed by atoms with Crippen molar-refractivity contribution >= 4 is 17.7 Å². The van der Waals surface area contributed by atoms with E-state index in [1.165, 1.54) is 11.3 Å². The zero-order chi connectivity index (χ0) is 20.5. The molecule has 0 bridgehead atoms. The Morgan fingerprint density at radius 2 is 2.17 bits per heavy atom. The normalized spacial score (nSPS) is 17.3. The Hall–Kier alpha value is -2.02. The Morgan fingerprint density at radius 3 is 2.90 bits per heavy atom. The number of guanidine groups is 1. The fourth-order valence-corrected chi connectivity index (χ4v) is 4.39. The number of hydrogen-bond acceptors (Lipinski definition) is 5. The number of nitrogens with zero attached hydrogens (tertiary/aromatic N) is 4. The van der Waals surface area contributed by atoms with E-state index in [1.54, 1.807) is 0 Å². The smallest absolute Gasteiger partial charge is 0.226 e. The number of hydrogen-bond donors (Lipinski definition) is 1. The summed E-state index contributed by atoms with van der Waals surface area (Å²) >= 11 is 1.96. The van der Waals surface area contributed by atoms with Crippen molar-refractivity contribution in [3.63, 3.8) is 0 Å². The molecule has 1 fully saturated rings. The highest BCUT2D eigenvalue weighted by Gasteiger charge is 2.24. The monoisotopic (exact) mass is 415 g/mol. The summed E-state index contributed by atoms with van der Waals surface area (Å²) in [6.45, 7) is 10.1. The van der Waals surface area contributed by atoms with Crippen molar-refractivity contribution in [1.29, 1.82) is 0 Å². The van der Waals surface area contributed by atoms with Gasteiger partial charge < -0.3 is 14.7 Å². The van der Waals surface area contributed by atoms with Gasteiger partial charge in [-0.3, -0.25) is 4.99 Å². The number of aromatic nitrogens is 2. The van der Waals surface area contributed by atoms with Gasteiger partial charge in [-0.05, 0) is 37.8 Å². The van der Waals surface area contributed by atoms with Crippen LogP contribution in [0, 0.1) is 5.92 Å². The van der Waals surface area contributed by atoms with Crippen LogP contribution in [0.25, 0.3) is 0 Å². The SMILES string of the molecule is CCNC(=NCCCc1nc(C(C)C)no1)N1CCC(CSc2ccccc2)C1. The zero-order valence-electron chi connectivity index (χ0n) is 17.8. The molecule has 3 rings (SSSR count). The molecule has 1 aliphatic rings. The average molecular weight is 416 g/mol. The summed E-state index contributed by atoms with van der Waals surface area (Å²) < 4.78 is 5.32. The molecule has 1 unspecified atom stereocenters. The summed E-state index contributed by atoms with van der Waals surface area (Å²) in [6.07, 6.45) is 2.92. The Bertz CT molecular complexity index is 762. The number of aliphatic imine (C=N–C) groups is 1. The van der Waals surface area contributed by atoms with Crippen LogP contribution in [-0.4, -0.2) is 52.9 Å². The first-order chi connectivity index (χ1) is 14.2. The molecule has 2 aromatic rings. The van der Waals surface area contributed by atoms with Crippen LogP contribution < -0.4 is 5.32 Å². The van der Waals surface area contributed by atoms with Crippen LogP contribution in [0.5, 0.6) is 0 Å². The van der Waals surface area contributed by atoms with E-state index in [-0.39, 0.29) is 0 Å².